The number of hydrogen-bond donors (Lipinski definition) is 0. The van der Waals surface area contributed by atoms with E-state index in [-0.39, 0.29) is 12.5 Å². The Balaban J connectivity index is 2.42. The lowest BCUT2D eigenvalue weighted by Crippen LogP contribution is -2.66. The normalized spacial score (nSPS) is 20.4. The lowest BCUT2D eigenvalue weighted by molar-refractivity contribution is -0.161. The fourth-order valence-electron chi connectivity index (χ4n) is 4.49. The molecule has 0 radical (unpaired) electrons. The minimum atomic E-state index is -2.27. The Kier molecular flexibility index (Phi) is 6.81. The number of nitrogens with zero attached hydrogens (tertiary/aromatic N) is 2. The fraction of sp³-hybridized carbons (Fsp3) is 0.650. The Bertz CT molecular complexity index is 641. The molecule has 1 fully saturated rings. The first-order valence-corrected chi connectivity index (χ1v) is 11.9. The summed E-state index contributed by atoms with van der Waals surface area (Å²) >= 11 is 0. The second-order valence-corrected chi connectivity index (χ2v) is 13.4. The van der Waals surface area contributed by atoms with E-state index >= 15 is 0 Å². The summed E-state index contributed by atoms with van der Waals surface area (Å²) in [5, 5.41) is 0. The predicted molar refractivity (Wildman–Crippen MR) is 107 cm³/mol. The molecule has 0 aromatic carbocycles. The van der Waals surface area contributed by atoms with Gasteiger partial charge in [-0.05, 0) is 41.2 Å². The largest absolute Gasteiger partial charge is 0.449 e. The Morgan fingerprint density at radius 2 is 1.63 bits per heavy atom. The van der Waals surface area contributed by atoms with Gasteiger partial charge in [-0.15, -0.1) is 0 Å². The Hall–Kier alpha value is -1.73. The molecule has 1 aromatic rings. The maximum Gasteiger partial charge on any atom is 0.417 e. The van der Waals surface area contributed by atoms with Crippen molar-refractivity contribution in [1.29, 1.82) is 0 Å². The fourth-order valence-corrected chi connectivity index (χ4v) is 9.97. The van der Waals surface area contributed by atoms with Crippen LogP contribution in [0.4, 0.5) is 4.79 Å². The summed E-state index contributed by atoms with van der Waals surface area (Å²) in [5.41, 5.74) is 1.88. The van der Waals surface area contributed by atoms with Crippen LogP contribution < -0.4 is 0 Å². The highest BCUT2D eigenvalue weighted by Crippen LogP contribution is 2.47. The van der Waals surface area contributed by atoms with Crippen LogP contribution in [0.15, 0.2) is 24.5 Å². The quantitative estimate of drug-likeness (QED) is 0.498. The highest BCUT2D eigenvalue weighted by molar-refractivity contribution is 6.77. The van der Waals surface area contributed by atoms with E-state index in [4.69, 9.17) is 9.16 Å². The zero-order valence-corrected chi connectivity index (χ0v) is 18.4. The average Bonchev–Trinajstić information content (AvgIpc) is 2.59. The van der Waals surface area contributed by atoms with Gasteiger partial charge in [0.2, 0.25) is 8.32 Å². The number of aromatic nitrogens is 1. The van der Waals surface area contributed by atoms with Crippen molar-refractivity contribution in [2.24, 2.45) is 0 Å². The zero-order valence-electron chi connectivity index (χ0n) is 17.4. The maximum absolute atomic E-state index is 12.9. The lowest BCUT2D eigenvalue weighted by atomic mass is 9.92. The number of carbonyl (C=O) groups excluding carboxylic acids is 2. The molecule has 0 spiro atoms. The Morgan fingerprint density at radius 3 is 2.07 bits per heavy atom. The van der Waals surface area contributed by atoms with Crippen LogP contribution in [0.3, 0.4) is 0 Å². The molecule has 0 aliphatic carbocycles. The van der Waals surface area contributed by atoms with Crippen molar-refractivity contribution in [1.82, 2.24) is 9.88 Å². The minimum Gasteiger partial charge on any atom is -0.449 e. The smallest absolute Gasteiger partial charge is 0.417 e. The molecule has 2 amide bonds. The Morgan fingerprint density at radius 1 is 1.11 bits per heavy atom. The van der Waals surface area contributed by atoms with Crippen molar-refractivity contribution in [2.45, 2.75) is 77.2 Å². The Labute approximate surface area is 163 Å². The van der Waals surface area contributed by atoms with Gasteiger partial charge in [0.1, 0.15) is 6.04 Å². The van der Waals surface area contributed by atoms with Crippen molar-refractivity contribution in [3.05, 3.63) is 30.1 Å². The van der Waals surface area contributed by atoms with Crippen molar-refractivity contribution in [3.63, 3.8) is 0 Å². The number of carbonyl (C=O) groups is 2. The van der Waals surface area contributed by atoms with Gasteiger partial charge in [-0.3, -0.25) is 9.78 Å². The van der Waals surface area contributed by atoms with E-state index in [0.29, 0.717) is 16.6 Å². The van der Waals surface area contributed by atoms with Crippen molar-refractivity contribution in [2.75, 3.05) is 6.61 Å². The number of rotatable bonds is 7. The molecule has 1 aliphatic rings. The molecular formula is C20H32N2O4Si. The monoisotopic (exact) mass is 392 g/mol. The van der Waals surface area contributed by atoms with Crippen LogP contribution in [0.25, 0.3) is 0 Å². The van der Waals surface area contributed by atoms with Crippen LogP contribution in [0, 0.1) is 0 Å². The zero-order chi connectivity index (χ0) is 20.4. The molecule has 0 N–H and O–H groups in total. The van der Waals surface area contributed by atoms with Crippen LogP contribution >= 0.6 is 0 Å². The second-order valence-electron chi connectivity index (χ2n) is 7.99. The van der Waals surface area contributed by atoms with E-state index in [1.165, 1.54) is 4.90 Å². The van der Waals surface area contributed by atoms with E-state index in [2.05, 4.69) is 46.5 Å². The van der Waals surface area contributed by atoms with E-state index in [9.17, 15) is 9.59 Å². The third-order valence-corrected chi connectivity index (χ3v) is 11.7. The van der Waals surface area contributed by atoms with Gasteiger partial charge >= 0.3 is 6.09 Å². The summed E-state index contributed by atoms with van der Waals surface area (Å²) in [6.45, 7) is 15.0. The summed E-state index contributed by atoms with van der Waals surface area (Å²) in [4.78, 5) is 30.5. The van der Waals surface area contributed by atoms with Gasteiger partial charge in [0, 0.05) is 12.4 Å². The summed E-state index contributed by atoms with van der Waals surface area (Å²) in [7, 11) is -2.27. The first-order valence-electron chi connectivity index (χ1n) is 9.75. The second kappa shape index (κ2) is 8.52. The molecule has 2 atom stereocenters. The molecule has 1 aromatic heterocycles. The number of pyridine rings is 1. The number of hydrogen-bond acceptors (Lipinski definition) is 5. The number of likely N-dealkylation sites (tertiary alicyclic amines) is 1. The highest BCUT2D eigenvalue weighted by Gasteiger charge is 2.58. The third-order valence-electron chi connectivity index (χ3n) is 5.60. The molecule has 7 heteroatoms. The molecule has 1 saturated heterocycles. The lowest BCUT2D eigenvalue weighted by Gasteiger charge is -2.51. The van der Waals surface area contributed by atoms with Crippen molar-refractivity contribution < 1.29 is 18.8 Å². The maximum atomic E-state index is 12.9. The SMILES string of the molecule is CCOC(=O)N1C(=O)C(O[Si](C(C)C)(C(C)C)C(C)C)C1c1ccncc1. The van der Waals surface area contributed by atoms with Crippen molar-refractivity contribution >= 4 is 20.3 Å². The summed E-state index contributed by atoms with van der Waals surface area (Å²) in [5.74, 6) is -0.311. The molecule has 0 saturated carbocycles. The van der Waals surface area contributed by atoms with Crippen LogP contribution in [-0.2, 0) is 14.0 Å². The summed E-state index contributed by atoms with van der Waals surface area (Å²) in [6, 6.07) is 3.18. The molecular weight excluding hydrogens is 360 g/mol. The first kappa shape index (κ1) is 21.6. The highest BCUT2D eigenvalue weighted by atomic mass is 28.4. The van der Waals surface area contributed by atoms with Crippen LogP contribution in [-0.4, -0.2) is 42.9 Å². The minimum absolute atomic E-state index is 0.222. The molecule has 2 rings (SSSR count). The first-order chi connectivity index (χ1) is 12.7. The number of imide groups is 1. The molecule has 2 unspecified atom stereocenters. The third kappa shape index (κ3) is 3.80. The van der Waals surface area contributed by atoms with Crippen LogP contribution in [0.5, 0.6) is 0 Å². The predicted octanol–water partition coefficient (Wildman–Crippen LogP) is 4.68. The standard InChI is InChI=1S/C20H32N2O4Si/c1-8-25-20(24)22-17(16-9-11-21-12-10-16)18(19(22)23)26-27(13(2)3,14(4)5)15(6)7/h9-15,17-18H,8H2,1-7H3. The van der Waals surface area contributed by atoms with Gasteiger partial charge in [-0.1, -0.05) is 41.5 Å². The number of ether oxygens (including phenoxy) is 1. The molecule has 6 nitrogen and oxygen atoms in total. The van der Waals surface area contributed by atoms with E-state index < -0.39 is 26.6 Å². The van der Waals surface area contributed by atoms with E-state index in [0.717, 1.165) is 5.56 Å². The van der Waals surface area contributed by atoms with Crippen LogP contribution in [0.1, 0.15) is 60.1 Å². The van der Waals surface area contributed by atoms with Gasteiger partial charge in [0.05, 0.1) is 6.61 Å². The van der Waals surface area contributed by atoms with E-state index in [1.54, 1.807) is 19.3 Å². The number of amides is 2. The van der Waals surface area contributed by atoms with Gasteiger partial charge in [-0.2, -0.15) is 0 Å². The summed E-state index contributed by atoms with van der Waals surface area (Å²) in [6.07, 6.45) is 2.05. The van der Waals surface area contributed by atoms with Gasteiger partial charge in [0.15, 0.2) is 6.10 Å². The van der Waals surface area contributed by atoms with Crippen LogP contribution in [0.2, 0.25) is 16.6 Å². The van der Waals surface area contributed by atoms with Gasteiger partial charge in [0.25, 0.3) is 5.91 Å². The van der Waals surface area contributed by atoms with Crippen molar-refractivity contribution in [3.8, 4) is 0 Å². The molecule has 2 heterocycles. The molecule has 0 bridgehead atoms. The van der Waals surface area contributed by atoms with Gasteiger partial charge in [-0.25, -0.2) is 9.69 Å². The molecule has 150 valence electrons. The summed E-state index contributed by atoms with van der Waals surface area (Å²) < 4.78 is 11.8. The van der Waals surface area contributed by atoms with Gasteiger partial charge < -0.3 is 9.16 Å². The number of β-lactam (4-membered cyclic amide) rings is 1. The van der Waals surface area contributed by atoms with E-state index in [1.807, 2.05) is 12.1 Å². The average molecular weight is 393 g/mol. The molecule has 27 heavy (non-hydrogen) atoms. The topological polar surface area (TPSA) is 68.7 Å². The molecule has 1 aliphatic heterocycles.